The van der Waals surface area contributed by atoms with Crippen LogP contribution in [0.15, 0.2) is 59.6 Å². The average Bonchev–Trinajstić information content (AvgIpc) is 2.66. The monoisotopic (exact) mass is 420 g/mol. The number of thioether (sulfide) groups is 1. The van der Waals surface area contributed by atoms with Gasteiger partial charge in [0.1, 0.15) is 5.25 Å². The van der Waals surface area contributed by atoms with Crippen LogP contribution in [0.25, 0.3) is 10.9 Å². The van der Waals surface area contributed by atoms with E-state index < -0.39 is 28.9 Å². The van der Waals surface area contributed by atoms with Crippen LogP contribution in [0.1, 0.15) is 22.8 Å². The summed E-state index contributed by atoms with van der Waals surface area (Å²) in [7, 11) is 0. The van der Waals surface area contributed by atoms with Gasteiger partial charge in [-0.1, -0.05) is 42.1 Å². The molecule has 1 aromatic heterocycles. The molecule has 3 rings (SSSR count). The van der Waals surface area contributed by atoms with E-state index in [0.29, 0.717) is 10.9 Å². The number of benzene rings is 2. The molecule has 0 aliphatic rings. The molecule has 0 spiro atoms. The van der Waals surface area contributed by atoms with Gasteiger partial charge in [0.2, 0.25) is 0 Å². The van der Waals surface area contributed by atoms with Gasteiger partial charge >= 0.3 is 12.1 Å². The highest BCUT2D eigenvalue weighted by atomic mass is 32.2. The highest BCUT2D eigenvalue weighted by molar-refractivity contribution is 8.00. The largest absolute Gasteiger partial charge is 0.480 e. The summed E-state index contributed by atoms with van der Waals surface area (Å²) in [5.41, 5.74) is -0.781. The minimum atomic E-state index is -4.62. The van der Waals surface area contributed by atoms with Crippen molar-refractivity contribution in [3.05, 3.63) is 65.7 Å². The molecule has 1 unspecified atom stereocenters. The molecule has 0 fully saturated rings. The van der Waals surface area contributed by atoms with E-state index in [1.807, 2.05) is 0 Å². The number of carboxylic acids is 1. The van der Waals surface area contributed by atoms with Crippen LogP contribution in [-0.2, 0) is 11.0 Å². The molecule has 0 aliphatic carbocycles. The lowest BCUT2D eigenvalue weighted by atomic mass is 10.1. The molecular weight excluding hydrogens is 405 g/mol. The molecule has 2 aromatic carbocycles. The summed E-state index contributed by atoms with van der Waals surface area (Å²) in [5, 5.41) is 11.3. The predicted molar refractivity (Wildman–Crippen MR) is 104 cm³/mol. The number of carbonyl (C=O) groups is 2. The summed E-state index contributed by atoms with van der Waals surface area (Å²) in [6.07, 6.45) is -4.62. The van der Waals surface area contributed by atoms with E-state index >= 15 is 0 Å². The van der Waals surface area contributed by atoms with Crippen LogP contribution in [-0.4, -0.2) is 27.2 Å². The molecule has 3 aromatic rings. The number of amides is 1. The van der Waals surface area contributed by atoms with Crippen LogP contribution >= 0.6 is 11.8 Å². The van der Waals surface area contributed by atoms with Crippen molar-refractivity contribution in [2.45, 2.75) is 23.4 Å². The molecular formula is C20H15F3N2O3S. The molecule has 5 nitrogen and oxygen atoms in total. The number of hydrogen-bond donors (Lipinski definition) is 2. The van der Waals surface area contributed by atoms with Crippen molar-refractivity contribution < 1.29 is 27.9 Å². The Bertz CT molecular complexity index is 1090. The van der Waals surface area contributed by atoms with Crippen LogP contribution in [0.3, 0.4) is 0 Å². The smallest absolute Gasteiger partial charge is 0.418 e. The van der Waals surface area contributed by atoms with Crippen molar-refractivity contribution in [1.29, 1.82) is 0 Å². The fraction of sp³-hybridized carbons (Fsp3) is 0.150. The van der Waals surface area contributed by atoms with Gasteiger partial charge in [-0.3, -0.25) is 9.59 Å². The van der Waals surface area contributed by atoms with Crippen molar-refractivity contribution in [3.63, 3.8) is 0 Å². The summed E-state index contributed by atoms with van der Waals surface area (Å²) in [6.45, 7) is 1.48. The van der Waals surface area contributed by atoms with Gasteiger partial charge in [0.15, 0.2) is 0 Å². The summed E-state index contributed by atoms with van der Waals surface area (Å²) in [6, 6.07) is 12.7. The Morgan fingerprint density at radius 3 is 2.45 bits per heavy atom. The van der Waals surface area contributed by atoms with E-state index in [0.717, 1.165) is 17.8 Å². The van der Waals surface area contributed by atoms with E-state index in [-0.39, 0.29) is 16.3 Å². The first-order valence-electron chi connectivity index (χ1n) is 8.43. The number of aromatic nitrogens is 1. The Kier molecular flexibility index (Phi) is 5.78. The number of carbonyl (C=O) groups excluding carboxylic acids is 1. The highest BCUT2D eigenvalue weighted by Crippen LogP contribution is 2.35. The molecule has 1 atom stereocenters. The number of rotatable bonds is 5. The Morgan fingerprint density at radius 1 is 1.10 bits per heavy atom. The first-order chi connectivity index (χ1) is 13.7. The van der Waals surface area contributed by atoms with E-state index in [2.05, 4.69) is 10.3 Å². The maximum Gasteiger partial charge on any atom is 0.418 e. The third-order valence-corrected chi connectivity index (χ3v) is 5.07. The Hall–Kier alpha value is -3.07. The number of nitrogens with zero attached hydrogens (tertiary/aromatic N) is 1. The minimum Gasteiger partial charge on any atom is -0.480 e. The lowest BCUT2D eigenvalue weighted by Crippen LogP contribution is -2.17. The standard InChI is InChI=1S/C20H15F3N2O3S/c1-11(19(27)28)29-17-10-13(12-6-2-4-8-15(12)24-17)18(26)25-16-9-5-3-7-14(16)20(21,22)23/h2-11H,1H3,(H,25,26)(H,27,28). The van der Waals surface area contributed by atoms with E-state index in [4.69, 9.17) is 5.11 Å². The Labute approximate surface area is 168 Å². The number of halogens is 3. The summed E-state index contributed by atoms with van der Waals surface area (Å²) < 4.78 is 39.7. The van der Waals surface area contributed by atoms with Gasteiger partial charge in [0, 0.05) is 5.39 Å². The molecule has 0 saturated heterocycles. The molecule has 0 radical (unpaired) electrons. The lowest BCUT2D eigenvalue weighted by Gasteiger charge is -2.15. The molecule has 1 heterocycles. The van der Waals surface area contributed by atoms with E-state index in [1.165, 1.54) is 31.2 Å². The second-order valence-corrected chi connectivity index (χ2v) is 7.48. The maximum absolute atomic E-state index is 13.2. The quantitative estimate of drug-likeness (QED) is 0.564. The van der Waals surface area contributed by atoms with Crippen molar-refractivity contribution in [2.75, 3.05) is 5.32 Å². The number of alkyl halides is 3. The third kappa shape index (κ3) is 4.68. The van der Waals surface area contributed by atoms with Gasteiger partial charge in [-0.15, -0.1) is 0 Å². The van der Waals surface area contributed by atoms with Crippen LogP contribution in [0.2, 0.25) is 0 Å². The molecule has 0 bridgehead atoms. The third-order valence-electron chi connectivity index (χ3n) is 4.06. The number of pyridine rings is 1. The fourth-order valence-corrected chi connectivity index (χ4v) is 3.46. The molecule has 2 N–H and O–H groups in total. The number of para-hydroxylation sites is 2. The molecule has 150 valence electrons. The number of nitrogens with one attached hydrogen (secondary N) is 1. The number of aliphatic carboxylic acids is 1. The zero-order valence-corrected chi connectivity index (χ0v) is 15.8. The Balaban J connectivity index is 2.03. The average molecular weight is 420 g/mol. The van der Waals surface area contributed by atoms with Crippen molar-refractivity contribution in [1.82, 2.24) is 4.98 Å². The Morgan fingerprint density at radius 2 is 1.76 bits per heavy atom. The van der Waals surface area contributed by atoms with Gasteiger partial charge in [-0.25, -0.2) is 4.98 Å². The number of fused-ring (bicyclic) bond motifs is 1. The van der Waals surface area contributed by atoms with Crippen molar-refractivity contribution in [3.8, 4) is 0 Å². The van der Waals surface area contributed by atoms with Gasteiger partial charge in [-0.05, 0) is 31.2 Å². The topological polar surface area (TPSA) is 79.3 Å². The second-order valence-electron chi connectivity index (χ2n) is 6.12. The highest BCUT2D eigenvalue weighted by Gasteiger charge is 2.33. The normalized spacial score (nSPS) is 12.6. The molecule has 0 aliphatic heterocycles. The lowest BCUT2D eigenvalue weighted by molar-refractivity contribution is -0.137. The van der Waals surface area contributed by atoms with Gasteiger partial charge < -0.3 is 10.4 Å². The number of anilines is 1. The fourth-order valence-electron chi connectivity index (χ4n) is 2.66. The number of hydrogen-bond acceptors (Lipinski definition) is 4. The summed E-state index contributed by atoms with van der Waals surface area (Å²) in [5.74, 6) is -1.79. The van der Waals surface area contributed by atoms with Crippen LogP contribution in [0.5, 0.6) is 0 Å². The molecule has 29 heavy (non-hydrogen) atoms. The van der Waals surface area contributed by atoms with Crippen LogP contribution in [0, 0.1) is 0 Å². The minimum absolute atomic E-state index is 0.104. The summed E-state index contributed by atoms with van der Waals surface area (Å²) >= 11 is 0.941. The molecule has 1 amide bonds. The van der Waals surface area contributed by atoms with Crippen LogP contribution in [0.4, 0.5) is 18.9 Å². The summed E-state index contributed by atoms with van der Waals surface area (Å²) in [4.78, 5) is 28.3. The number of carboxylic acid groups (broad SMARTS) is 1. The van der Waals surface area contributed by atoms with Crippen molar-refractivity contribution >= 4 is 40.2 Å². The van der Waals surface area contributed by atoms with Crippen LogP contribution < -0.4 is 5.32 Å². The second kappa shape index (κ2) is 8.12. The zero-order valence-electron chi connectivity index (χ0n) is 15.0. The molecule has 9 heteroatoms. The molecule has 0 saturated carbocycles. The SMILES string of the molecule is CC(Sc1cc(C(=O)Nc2ccccc2C(F)(F)F)c2ccccc2n1)C(=O)O. The van der Waals surface area contributed by atoms with Crippen molar-refractivity contribution in [2.24, 2.45) is 0 Å². The van der Waals surface area contributed by atoms with E-state index in [9.17, 15) is 22.8 Å². The van der Waals surface area contributed by atoms with Gasteiger partial charge in [0.25, 0.3) is 5.91 Å². The first kappa shape index (κ1) is 20.7. The van der Waals surface area contributed by atoms with Gasteiger partial charge in [-0.2, -0.15) is 13.2 Å². The predicted octanol–water partition coefficient (Wildman–Crippen LogP) is 5.07. The zero-order chi connectivity index (χ0) is 21.2. The van der Waals surface area contributed by atoms with Gasteiger partial charge in [0.05, 0.1) is 27.4 Å². The maximum atomic E-state index is 13.2. The first-order valence-corrected chi connectivity index (χ1v) is 9.31. The van der Waals surface area contributed by atoms with E-state index in [1.54, 1.807) is 24.3 Å².